The molecule has 0 aromatic heterocycles. The number of carbonyl (C=O) groups is 1. The van der Waals surface area contributed by atoms with Gasteiger partial charge in [-0.15, -0.1) is 0 Å². The minimum Gasteiger partial charge on any atom is -0.273 e. The van der Waals surface area contributed by atoms with Crippen LogP contribution in [0.2, 0.25) is 0 Å². The molecule has 0 heterocycles. The summed E-state index contributed by atoms with van der Waals surface area (Å²) in [5.41, 5.74) is 8.29. The van der Waals surface area contributed by atoms with Gasteiger partial charge >= 0.3 is 0 Å². The van der Waals surface area contributed by atoms with Crippen LogP contribution in [0.15, 0.2) is 53.6 Å². The van der Waals surface area contributed by atoms with Gasteiger partial charge in [0.2, 0.25) is 5.91 Å². The summed E-state index contributed by atoms with van der Waals surface area (Å²) in [7, 11) is 0. The third-order valence-corrected chi connectivity index (χ3v) is 4.46. The van der Waals surface area contributed by atoms with Crippen molar-refractivity contribution >= 4 is 11.6 Å². The summed E-state index contributed by atoms with van der Waals surface area (Å²) < 4.78 is 0. The lowest BCUT2D eigenvalue weighted by Gasteiger charge is -2.07. The molecule has 1 aliphatic rings. The minimum atomic E-state index is 0.0166. The van der Waals surface area contributed by atoms with Crippen molar-refractivity contribution in [2.45, 2.75) is 33.1 Å². The standard InChI is InChI=1S/C20H22N2O/c1-13-9-10-17(14(2)11-13)15(3)21-22-20(23)19-12-18(19)16-7-5-4-6-8-16/h4-11,18-19H,12H2,1-3H3,(H,22,23)/b21-15+/t18-,19+/m0/s1. The number of carbonyl (C=O) groups excluding carboxylic acids is 1. The van der Waals surface area contributed by atoms with Crippen LogP contribution in [0.5, 0.6) is 0 Å². The van der Waals surface area contributed by atoms with E-state index in [1.165, 1.54) is 16.7 Å². The van der Waals surface area contributed by atoms with Crippen LogP contribution in [0.1, 0.15) is 41.5 Å². The van der Waals surface area contributed by atoms with Crippen LogP contribution in [0.4, 0.5) is 0 Å². The number of hydrogen-bond donors (Lipinski definition) is 1. The van der Waals surface area contributed by atoms with E-state index in [-0.39, 0.29) is 11.8 Å². The van der Waals surface area contributed by atoms with E-state index in [1.807, 2.05) is 25.1 Å². The van der Waals surface area contributed by atoms with E-state index < -0.39 is 0 Å². The topological polar surface area (TPSA) is 41.5 Å². The number of amides is 1. The quantitative estimate of drug-likeness (QED) is 0.674. The lowest BCUT2D eigenvalue weighted by atomic mass is 10.0. The van der Waals surface area contributed by atoms with Crippen molar-refractivity contribution in [2.24, 2.45) is 11.0 Å². The maximum absolute atomic E-state index is 12.2. The summed E-state index contributed by atoms with van der Waals surface area (Å²) >= 11 is 0. The van der Waals surface area contributed by atoms with Gasteiger partial charge in [-0.3, -0.25) is 4.79 Å². The lowest BCUT2D eigenvalue weighted by molar-refractivity contribution is -0.122. The molecule has 0 radical (unpaired) electrons. The summed E-state index contributed by atoms with van der Waals surface area (Å²) in [6, 6.07) is 16.5. The van der Waals surface area contributed by atoms with Gasteiger partial charge in [-0.25, -0.2) is 5.43 Å². The van der Waals surface area contributed by atoms with Crippen LogP contribution in [0.25, 0.3) is 0 Å². The van der Waals surface area contributed by atoms with Crippen molar-refractivity contribution in [1.29, 1.82) is 0 Å². The average molecular weight is 306 g/mol. The summed E-state index contributed by atoms with van der Waals surface area (Å²) in [5, 5.41) is 4.29. The van der Waals surface area contributed by atoms with Gasteiger partial charge in [0.1, 0.15) is 0 Å². The van der Waals surface area contributed by atoms with Crippen molar-refractivity contribution in [2.75, 3.05) is 0 Å². The Morgan fingerprint density at radius 1 is 1.13 bits per heavy atom. The zero-order valence-corrected chi connectivity index (χ0v) is 13.8. The Bertz CT molecular complexity index is 749. The van der Waals surface area contributed by atoms with Crippen LogP contribution < -0.4 is 5.43 Å². The molecule has 0 spiro atoms. The highest BCUT2D eigenvalue weighted by molar-refractivity contribution is 6.00. The van der Waals surface area contributed by atoms with Gasteiger partial charge in [-0.1, -0.05) is 54.1 Å². The number of benzene rings is 2. The monoisotopic (exact) mass is 306 g/mol. The fraction of sp³-hybridized carbons (Fsp3) is 0.300. The molecule has 2 aromatic carbocycles. The van der Waals surface area contributed by atoms with E-state index in [0.717, 1.165) is 17.7 Å². The van der Waals surface area contributed by atoms with Crippen LogP contribution in [-0.2, 0) is 4.79 Å². The number of aryl methyl sites for hydroxylation is 2. The van der Waals surface area contributed by atoms with E-state index in [4.69, 9.17) is 0 Å². The molecular weight excluding hydrogens is 284 g/mol. The molecule has 1 N–H and O–H groups in total. The van der Waals surface area contributed by atoms with Gasteiger partial charge in [-0.2, -0.15) is 5.10 Å². The Balaban J connectivity index is 1.63. The van der Waals surface area contributed by atoms with Crippen molar-refractivity contribution in [3.8, 4) is 0 Å². The number of nitrogens with one attached hydrogen (secondary N) is 1. The number of nitrogens with zero attached hydrogens (tertiary/aromatic N) is 1. The number of hydrazone groups is 1. The first-order chi connectivity index (χ1) is 11.1. The van der Waals surface area contributed by atoms with Gasteiger partial charge in [0.05, 0.1) is 5.71 Å². The van der Waals surface area contributed by atoms with Gasteiger partial charge in [0.15, 0.2) is 0 Å². The molecule has 2 aromatic rings. The predicted molar refractivity (Wildman–Crippen MR) is 93.6 cm³/mol. The van der Waals surface area contributed by atoms with E-state index in [0.29, 0.717) is 5.92 Å². The molecule has 3 rings (SSSR count). The van der Waals surface area contributed by atoms with Gasteiger partial charge in [-0.05, 0) is 44.2 Å². The van der Waals surface area contributed by atoms with Crippen molar-refractivity contribution in [3.63, 3.8) is 0 Å². The number of hydrogen-bond acceptors (Lipinski definition) is 2. The van der Waals surface area contributed by atoms with Crippen molar-refractivity contribution < 1.29 is 4.79 Å². The second-order valence-corrected chi connectivity index (χ2v) is 6.35. The first-order valence-corrected chi connectivity index (χ1v) is 8.03. The third-order valence-electron chi connectivity index (χ3n) is 4.46. The lowest BCUT2D eigenvalue weighted by Crippen LogP contribution is -2.21. The van der Waals surface area contributed by atoms with E-state index in [1.54, 1.807) is 0 Å². The summed E-state index contributed by atoms with van der Waals surface area (Å²) in [4.78, 5) is 12.2. The van der Waals surface area contributed by atoms with Gasteiger partial charge in [0, 0.05) is 11.5 Å². The largest absolute Gasteiger partial charge is 0.273 e. The Labute approximate surface area is 137 Å². The highest BCUT2D eigenvalue weighted by Gasteiger charge is 2.43. The van der Waals surface area contributed by atoms with Crippen LogP contribution in [-0.4, -0.2) is 11.6 Å². The summed E-state index contributed by atoms with van der Waals surface area (Å²) in [6.07, 6.45) is 0.911. The van der Waals surface area contributed by atoms with E-state index >= 15 is 0 Å². The SMILES string of the molecule is C/C(=N\NC(=O)[C@@H]1C[C@H]1c1ccccc1)c1ccc(C)cc1C. The summed E-state index contributed by atoms with van der Waals surface area (Å²) in [6.45, 7) is 6.07. The molecular formula is C20H22N2O. The molecule has 0 unspecified atom stereocenters. The molecule has 0 saturated heterocycles. The fourth-order valence-corrected chi connectivity index (χ4v) is 3.06. The predicted octanol–water partition coefficient (Wildman–Crippen LogP) is 3.95. The molecule has 0 aliphatic heterocycles. The average Bonchev–Trinajstić information content (AvgIpc) is 3.34. The fourth-order valence-electron chi connectivity index (χ4n) is 3.06. The maximum atomic E-state index is 12.2. The highest BCUT2D eigenvalue weighted by atomic mass is 16.2. The van der Waals surface area contributed by atoms with Crippen LogP contribution >= 0.6 is 0 Å². The molecule has 1 amide bonds. The Hall–Kier alpha value is -2.42. The normalized spacial score (nSPS) is 20.2. The first-order valence-electron chi connectivity index (χ1n) is 8.03. The van der Waals surface area contributed by atoms with Crippen molar-refractivity contribution in [1.82, 2.24) is 5.43 Å². The highest BCUT2D eigenvalue weighted by Crippen LogP contribution is 2.47. The Morgan fingerprint density at radius 2 is 1.87 bits per heavy atom. The molecule has 23 heavy (non-hydrogen) atoms. The molecule has 0 bridgehead atoms. The van der Waals surface area contributed by atoms with Crippen LogP contribution in [0, 0.1) is 19.8 Å². The van der Waals surface area contributed by atoms with Gasteiger partial charge < -0.3 is 0 Å². The summed E-state index contributed by atoms with van der Waals surface area (Å²) in [5.74, 6) is 0.406. The second-order valence-electron chi connectivity index (χ2n) is 6.35. The molecule has 1 aliphatic carbocycles. The Kier molecular flexibility index (Phi) is 4.28. The molecule has 3 heteroatoms. The zero-order chi connectivity index (χ0) is 16.4. The first kappa shape index (κ1) is 15.5. The Morgan fingerprint density at radius 3 is 2.57 bits per heavy atom. The molecule has 2 atom stereocenters. The van der Waals surface area contributed by atoms with Gasteiger partial charge in [0.25, 0.3) is 0 Å². The van der Waals surface area contributed by atoms with Crippen LogP contribution in [0.3, 0.4) is 0 Å². The van der Waals surface area contributed by atoms with Crippen molar-refractivity contribution in [3.05, 3.63) is 70.8 Å². The maximum Gasteiger partial charge on any atom is 0.243 e. The third kappa shape index (κ3) is 3.50. The van der Waals surface area contributed by atoms with E-state index in [2.05, 4.69) is 54.7 Å². The molecule has 3 nitrogen and oxygen atoms in total. The zero-order valence-electron chi connectivity index (χ0n) is 13.8. The molecule has 1 fully saturated rings. The smallest absolute Gasteiger partial charge is 0.243 e. The molecule has 118 valence electrons. The minimum absolute atomic E-state index is 0.0166. The number of rotatable bonds is 4. The van der Waals surface area contributed by atoms with E-state index in [9.17, 15) is 4.79 Å². The molecule has 1 saturated carbocycles. The second kappa shape index (κ2) is 6.37.